The second-order valence-electron chi connectivity index (χ2n) is 3.42. The summed E-state index contributed by atoms with van der Waals surface area (Å²) < 4.78 is 22.4. The predicted molar refractivity (Wildman–Crippen MR) is 70.1 cm³/mol. The summed E-state index contributed by atoms with van der Waals surface area (Å²) in [7, 11) is -3.10. The molecular formula is C11H13ClO2S2. The van der Waals surface area contributed by atoms with E-state index in [0.717, 1.165) is 16.2 Å². The fourth-order valence-electron chi connectivity index (χ4n) is 1.01. The zero-order valence-electron chi connectivity index (χ0n) is 8.94. The van der Waals surface area contributed by atoms with Crippen molar-refractivity contribution in [2.45, 2.75) is 9.79 Å². The molecule has 0 saturated carbocycles. The minimum absolute atomic E-state index is 0.341. The van der Waals surface area contributed by atoms with Crippen LogP contribution in [0.4, 0.5) is 0 Å². The standard InChI is InChI=1S/C11H13ClO2S2/c1-9(7-12)8-15-10-3-5-11(6-4-10)16(2,13)14/h3-6H,1,7-8H2,2H3. The van der Waals surface area contributed by atoms with Crippen molar-refractivity contribution in [3.05, 3.63) is 36.4 Å². The molecule has 0 fully saturated rings. The van der Waals surface area contributed by atoms with Crippen LogP contribution in [0.3, 0.4) is 0 Å². The molecule has 88 valence electrons. The van der Waals surface area contributed by atoms with E-state index in [4.69, 9.17) is 11.6 Å². The number of sulfone groups is 1. The van der Waals surface area contributed by atoms with E-state index in [0.29, 0.717) is 10.8 Å². The average molecular weight is 277 g/mol. The van der Waals surface area contributed by atoms with E-state index >= 15 is 0 Å². The van der Waals surface area contributed by atoms with E-state index < -0.39 is 9.84 Å². The highest BCUT2D eigenvalue weighted by atomic mass is 35.5. The molecule has 1 rings (SSSR count). The van der Waals surface area contributed by atoms with Gasteiger partial charge in [-0.2, -0.15) is 0 Å². The molecule has 0 spiro atoms. The quantitative estimate of drug-likeness (QED) is 0.471. The summed E-state index contributed by atoms with van der Waals surface area (Å²) in [5.74, 6) is 1.20. The van der Waals surface area contributed by atoms with Gasteiger partial charge in [0.25, 0.3) is 0 Å². The zero-order valence-corrected chi connectivity index (χ0v) is 11.3. The summed E-state index contributed by atoms with van der Waals surface area (Å²) in [5, 5.41) is 0. The summed E-state index contributed by atoms with van der Waals surface area (Å²) in [5.41, 5.74) is 0.957. The fraction of sp³-hybridized carbons (Fsp3) is 0.273. The van der Waals surface area contributed by atoms with Crippen LogP contribution in [0.15, 0.2) is 46.2 Å². The Morgan fingerprint density at radius 2 is 1.94 bits per heavy atom. The molecule has 0 aromatic heterocycles. The Balaban J connectivity index is 2.69. The molecule has 0 bridgehead atoms. The number of rotatable bonds is 5. The number of hydrogen-bond donors (Lipinski definition) is 0. The molecule has 0 aliphatic rings. The number of thioether (sulfide) groups is 1. The van der Waals surface area contributed by atoms with E-state index in [1.807, 2.05) is 0 Å². The maximum atomic E-state index is 11.2. The Hall–Kier alpha value is -0.450. The number of alkyl halides is 1. The first kappa shape index (κ1) is 13.6. The van der Waals surface area contributed by atoms with Gasteiger partial charge in [0, 0.05) is 22.8 Å². The molecule has 0 unspecified atom stereocenters. The maximum absolute atomic E-state index is 11.2. The Kier molecular flexibility index (Phi) is 4.89. The molecule has 1 aromatic carbocycles. The van der Waals surface area contributed by atoms with Gasteiger partial charge in [0.15, 0.2) is 9.84 Å². The lowest BCUT2D eigenvalue weighted by molar-refractivity contribution is 0.602. The Bertz CT molecular complexity index is 463. The van der Waals surface area contributed by atoms with Crippen molar-refractivity contribution in [3.63, 3.8) is 0 Å². The largest absolute Gasteiger partial charge is 0.224 e. The molecular weight excluding hydrogens is 264 g/mol. The van der Waals surface area contributed by atoms with Gasteiger partial charge < -0.3 is 0 Å². The molecule has 0 N–H and O–H groups in total. The SMILES string of the molecule is C=C(CCl)CSc1ccc(S(C)(=O)=O)cc1. The third-order valence-corrected chi connectivity index (χ3v) is 4.55. The molecule has 5 heteroatoms. The van der Waals surface area contributed by atoms with Crippen molar-refractivity contribution < 1.29 is 8.42 Å². The van der Waals surface area contributed by atoms with E-state index in [1.165, 1.54) is 6.26 Å². The van der Waals surface area contributed by atoms with Gasteiger partial charge in [-0.1, -0.05) is 12.2 Å². The van der Waals surface area contributed by atoms with Crippen LogP contribution in [-0.4, -0.2) is 26.3 Å². The summed E-state index contributed by atoms with van der Waals surface area (Å²) in [4.78, 5) is 1.35. The van der Waals surface area contributed by atoms with Crippen molar-refractivity contribution >= 4 is 33.2 Å². The zero-order chi connectivity index (χ0) is 12.2. The molecule has 16 heavy (non-hydrogen) atoms. The van der Waals surface area contributed by atoms with Gasteiger partial charge in [0.05, 0.1) is 4.90 Å². The minimum atomic E-state index is -3.10. The van der Waals surface area contributed by atoms with Gasteiger partial charge in [-0.05, 0) is 24.3 Å². The summed E-state index contributed by atoms with van der Waals surface area (Å²) >= 11 is 7.20. The Morgan fingerprint density at radius 1 is 1.38 bits per heavy atom. The summed E-state index contributed by atoms with van der Waals surface area (Å²) in [6.07, 6.45) is 1.20. The topological polar surface area (TPSA) is 34.1 Å². The van der Waals surface area contributed by atoms with Crippen molar-refractivity contribution in [1.29, 1.82) is 0 Å². The maximum Gasteiger partial charge on any atom is 0.175 e. The van der Waals surface area contributed by atoms with Gasteiger partial charge in [-0.15, -0.1) is 23.4 Å². The van der Waals surface area contributed by atoms with Crippen LogP contribution in [0.5, 0.6) is 0 Å². The highest BCUT2D eigenvalue weighted by Gasteiger charge is 2.06. The van der Waals surface area contributed by atoms with E-state index in [1.54, 1.807) is 36.0 Å². The monoisotopic (exact) mass is 276 g/mol. The first-order valence-corrected chi connectivity index (χ1v) is 8.00. The van der Waals surface area contributed by atoms with Crippen LogP contribution in [-0.2, 0) is 9.84 Å². The van der Waals surface area contributed by atoms with E-state index in [-0.39, 0.29) is 0 Å². The van der Waals surface area contributed by atoms with Crippen LogP contribution >= 0.6 is 23.4 Å². The molecule has 0 aliphatic carbocycles. The first-order chi connectivity index (χ1) is 7.43. The van der Waals surface area contributed by atoms with Crippen molar-refractivity contribution in [2.24, 2.45) is 0 Å². The normalized spacial score (nSPS) is 11.4. The summed E-state index contributed by atoms with van der Waals surface area (Å²) in [6.45, 7) is 3.80. The molecule has 2 nitrogen and oxygen atoms in total. The Labute approximate surface area is 106 Å². The highest BCUT2D eigenvalue weighted by Crippen LogP contribution is 2.22. The van der Waals surface area contributed by atoms with Crippen LogP contribution in [0.2, 0.25) is 0 Å². The van der Waals surface area contributed by atoms with E-state index in [2.05, 4.69) is 6.58 Å². The van der Waals surface area contributed by atoms with Crippen molar-refractivity contribution in [3.8, 4) is 0 Å². The number of benzene rings is 1. The van der Waals surface area contributed by atoms with Crippen LogP contribution in [0.25, 0.3) is 0 Å². The molecule has 0 saturated heterocycles. The third-order valence-electron chi connectivity index (χ3n) is 1.88. The second kappa shape index (κ2) is 5.75. The highest BCUT2D eigenvalue weighted by molar-refractivity contribution is 7.99. The molecule has 0 radical (unpaired) electrons. The smallest absolute Gasteiger partial charge is 0.175 e. The molecule has 0 amide bonds. The lowest BCUT2D eigenvalue weighted by Crippen LogP contribution is -1.96. The van der Waals surface area contributed by atoms with Crippen LogP contribution in [0.1, 0.15) is 0 Å². The fourth-order valence-corrected chi connectivity index (χ4v) is 2.65. The number of halogens is 1. The van der Waals surface area contributed by atoms with Gasteiger partial charge >= 0.3 is 0 Å². The molecule has 0 aliphatic heterocycles. The lowest BCUT2D eigenvalue weighted by atomic mass is 10.4. The first-order valence-electron chi connectivity index (χ1n) is 4.59. The van der Waals surface area contributed by atoms with Gasteiger partial charge in [-0.25, -0.2) is 8.42 Å². The van der Waals surface area contributed by atoms with Gasteiger partial charge in [0.1, 0.15) is 0 Å². The minimum Gasteiger partial charge on any atom is -0.224 e. The van der Waals surface area contributed by atoms with Crippen molar-refractivity contribution in [1.82, 2.24) is 0 Å². The summed E-state index contributed by atoms with van der Waals surface area (Å²) in [6, 6.07) is 6.81. The molecule has 1 aromatic rings. The second-order valence-corrected chi connectivity index (χ2v) is 6.75. The van der Waals surface area contributed by atoms with E-state index in [9.17, 15) is 8.42 Å². The van der Waals surface area contributed by atoms with Gasteiger partial charge in [0.2, 0.25) is 0 Å². The van der Waals surface area contributed by atoms with Gasteiger partial charge in [-0.3, -0.25) is 0 Å². The molecule has 0 atom stereocenters. The Morgan fingerprint density at radius 3 is 2.38 bits per heavy atom. The lowest BCUT2D eigenvalue weighted by Gasteiger charge is -2.03. The number of hydrogen-bond acceptors (Lipinski definition) is 3. The third kappa shape index (κ3) is 4.20. The molecule has 0 heterocycles. The van der Waals surface area contributed by atoms with Crippen LogP contribution in [0, 0.1) is 0 Å². The predicted octanol–water partition coefficient (Wildman–Crippen LogP) is 2.98. The average Bonchev–Trinajstić information content (AvgIpc) is 2.25. The van der Waals surface area contributed by atoms with Crippen LogP contribution < -0.4 is 0 Å². The van der Waals surface area contributed by atoms with Crippen molar-refractivity contribution in [2.75, 3.05) is 17.9 Å².